The monoisotopic (exact) mass is 832 g/mol. The molecule has 6 fully saturated rings. The second kappa shape index (κ2) is 19.0. The van der Waals surface area contributed by atoms with Crippen LogP contribution in [-0.4, -0.2) is 78.4 Å². The van der Waals surface area contributed by atoms with Crippen LogP contribution < -0.4 is 10.5 Å². The number of piperidine rings is 2. The lowest BCUT2D eigenvalue weighted by atomic mass is 9.86. The number of hydrogen-bond acceptors (Lipinski definition) is 7. The Kier molecular flexibility index (Phi) is 15.4. The van der Waals surface area contributed by atoms with Crippen molar-refractivity contribution >= 4 is 41.1 Å². The summed E-state index contributed by atoms with van der Waals surface area (Å²) in [5.41, 5.74) is 11.0. The maximum absolute atomic E-state index is 11.5. The van der Waals surface area contributed by atoms with E-state index in [2.05, 4.69) is 63.3 Å². The number of likely N-dealkylation sites (tertiary alicyclic amines) is 2. The number of rotatable bonds is 12. The summed E-state index contributed by atoms with van der Waals surface area (Å²) in [5.74, 6) is 5.20. The summed E-state index contributed by atoms with van der Waals surface area (Å²) >= 11 is 0. The Morgan fingerprint density at radius 3 is 1.46 bits per heavy atom. The normalized spacial score (nSPS) is 30.4. The summed E-state index contributed by atoms with van der Waals surface area (Å²) in [5, 5.41) is 0. The molecule has 2 heterocycles. The third-order valence-corrected chi connectivity index (χ3v) is 15.2. The topological polar surface area (TPSA) is 113 Å². The van der Waals surface area contributed by atoms with Crippen molar-refractivity contribution in [2.75, 3.05) is 62.2 Å². The molecule has 4 aliphatic carbocycles. The Morgan fingerprint density at radius 1 is 0.679 bits per heavy atom. The molecule has 3 N–H and O–H groups in total. The minimum Gasteiger partial charge on any atom is -0.399 e. The number of fused-ring (bicyclic) bond motifs is 2. The number of anilines is 2. The van der Waals surface area contributed by atoms with E-state index in [9.17, 15) is 16.8 Å². The molecule has 2 saturated heterocycles. The predicted octanol–water partition coefficient (Wildman–Crippen LogP) is 9.51. The van der Waals surface area contributed by atoms with Gasteiger partial charge >= 0.3 is 0 Å². The molecule has 4 unspecified atom stereocenters. The van der Waals surface area contributed by atoms with Gasteiger partial charge in [-0.05, 0) is 110 Å². The zero-order valence-corrected chi connectivity index (χ0v) is 36.4. The van der Waals surface area contributed by atoms with Gasteiger partial charge in [0.05, 0.1) is 12.5 Å². The van der Waals surface area contributed by atoms with Crippen LogP contribution in [-0.2, 0) is 29.9 Å². The van der Waals surface area contributed by atoms with Crippen molar-refractivity contribution in [2.24, 2.45) is 35.5 Å². The Labute approximate surface area is 345 Å². The molecule has 8 nitrogen and oxygen atoms in total. The first-order valence-corrected chi connectivity index (χ1v) is 25.9. The van der Waals surface area contributed by atoms with Crippen LogP contribution >= 0.6 is 10.7 Å². The van der Waals surface area contributed by atoms with Gasteiger partial charge in [-0.2, -0.15) is 0 Å². The van der Waals surface area contributed by atoms with E-state index in [4.69, 9.17) is 5.73 Å². The van der Waals surface area contributed by atoms with E-state index in [1.54, 1.807) is 0 Å². The van der Waals surface area contributed by atoms with E-state index in [0.29, 0.717) is 11.1 Å². The molecule has 8 rings (SSSR count). The lowest BCUT2D eigenvalue weighted by Crippen LogP contribution is -2.30. The first-order chi connectivity index (χ1) is 26.0. The van der Waals surface area contributed by atoms with Crippen molar-refractivity contribution in [3.8, 4) is 0 Å². The van der Waals surface area contributed by atoms with Crippen molar-refractivity contribution in [3.05, 3.63) is 59.7 Å². The highest BCUT2D eigenvalue weighted by atomic mass is 35.7. The third kappa shape index (κ3) is 11.9. The van der Waals surface area contributed by atoms with Crippen LogP contribution in [0.25, 0.3) is 0 Å². The molecular formula is C45H73ClN4O4S2. The average molecular weight is 834 g/mol. The Hall–Kier alpha value is -1.85. The number of nitrogens with two attached hydrogens (primary N) is 1. The molecule has 2 aromatic rings. The van der Waals surface area contributed by atoms with Crippen LogP contribution in [0.15, 0.2) is 48.5 Å². The summed E-state index contributed by atoms with van der Waals surface area (Å²) in [6.45, 7) is 12.4. The fraction of sp³-hybridized carbons (Fsp3) is 0.733. The number of benzene rings is 2. The van der Waals surface area contributed by atoms with E-state index >= 15 is 0 Å². The lowest BCUT2D eigenvalue weighted by Gasteiger charge is -2.26. The first-order valence-electron chi connectivity index (χ1n) is 21.3. The van der Waals surface area contributed by atoms with E-state index in [0.717, 1.165) is 47.5 Å². The van der Waals surface area contributed by atoms with Gasteiger partial charge in [0.25, 0.3) is 0 Å². The minimum atomic E-state index is -3.22. The molecule has 0 aromatic heterocycles. The van der Waals surface area contributed by atoms with Gasteiger partial charge in [-0.1, -0.05) is 110 Å². The van der Waals surface area contributed by atoms with Gasteiger partial charge in [0.1, 0.15) is 0 Å². The molecule has 6 aliphatic rings. The number of halogens is 1. The summed E-state index contributed by atoms with van der Waals surface area (Å²) < 4.78 is 44.4. The van der Waals surface area contributed by atoms with E-state index < -0.39 is 19.1 Å². The van der Waals surface area contributed by atoms with Gasteiger partial charge in [0, 0.05) is 59.1 Å². The smallest absolute Gasteiger partial charge is 0.229 e. The highest BCUT2D eigenvalue weighted by Gasteiger charge is 2.66. The van der Waals surface area contributed by atoms with Gasteiger partial charge < -0.3 is 15.5 Å². The number of nitrogens with one attached hydrogen (secondary N) is 1. The van der Waals surface area contributed by atoms with Crippen molar-refractivity contribution in [2.45, 2.75) is 122 Å². The van der Waals surface area contributed by atoms with Gasteiger partial charge in [0.15, 0.2) is 0 Å². The Morgan fingerprint density at radius 2 is 1.07 bits per heavy atom. The molecular weight excluding hydrogens is 760 g/mol. The van der Waals surface area contributed by atoms with Crippen LogP contribution in [0.3, 0.4) is 0 Å². The summed E-state index contributed by atoms with van der Waals surface area (Å²) in [6.07, 6.45) is 22.5. The lowest BCUT2D eigenvalue weighted by molar-refractivity contribution is 0.253. The number of sulfonamides is 1. The van der Waals surface area contributed by atoms with Crippen molar-refractivity contribution < 1.29 is 16.8 Å². The van der Waals surface area contributed by atoms with Gasteiger partial charge in [-0.25, -0.2) is 16.8 Å². The first kappa shape index (κ1) is 45.2. The molecule has 4 atom stereocenters. The molecule has 2 aliphatic heterocycles. The van der Waals surface area contributed by atoms with Crippen LogP contribution in [0.2, 0.25) is 0 Å². The molecule has 0 bridgehead atoms. The fourth-order valence-electron chi connectivity index (χ4n) is 11.3. The summed E-state index contributed by atoms with van der Waals surface area (Å²) in [4.78, 5) is 5.39. The summed E-state index contributed by atoms with van der Waals surface area (Å²) in [6, 6.07) is 16.6. The van der Waals surface area contributed by atoms with Gasteiger partial charge in [-0.15, -0.1) is 0 Å². The SMILES string of the molecule is C.CC1(c2cccc(N)c2)C2CN(CCCC3CCCCC3)CC21.CC1(c2cccc(NS(C)(=O)=O)c2)C2CN(CCCC3CCCCC3)CC21.CS(=O)(=O)Cl. The maximum Gasteiger partial charge on any atom is 0.229 e. The average Bonchev–Trinajstić information content (AvgIpc) is 3.60. The summed E-state index contributed by atoms with van der Waals surface area (Å²) in [7, 11) is -1.92. The highest BCUT2D eigenvalue weighted by Crippen LogP contribution is 2.64. The fourth-order valence-corrected chi connectivity index (χ4v) is 11.9. The molecule has 0 spiro atoms. The molecule has 56 heavy (non-hydrogen) atoms. The molecule has 2 aromatic carbocycles. The second-order valence-corrected chi connectivity index (χ2v) is 23.4. The van der Waals surface area contributed by atoms with E-state index in [1.807, 2.05) is 24.3 Å². The predicted molar refractivity (Wildman–Crippen MR) is 236 cm³/mol. The second-order valence-electron chi connectivity index (χ2n) is 18.6. The minimum absolute atomic E-state index is 0. The zero-order valence-electron chi connectivity index (χ0n) is 34.0. The van der Waals surface area contributed by atoms with Gasteiger partial charge in [0.2, 0.25) is 19.1 Å². The van der Waals surface area contributed by atoms with Crippen molar-refractivity contribution in [3.63, 3.8) is 0 Å². The van der Waals surface area contributed by atoms with Crippen LogP contribution in [0, 0.1) is 35.5 Å². The van der Waals surface area contributed by atoms with Crippen LogP contribution in [0.5, 0.6) is 0 Å². The van der Waals surface area contributed by atoms with Crippen molar-refractivity contribution in [1.29, 1.82) is 0 Å². The van der Waals surface area contributed by atoms with E-state index in [1.165, 1.54) is 147 Å². The molecule has 4 saturated carbocycles. The zero-order chi connectivity index (χ0) is 39.4. The Balaban J connectivity index is 0.000000190. The molecule has 0 amide bonds. The highest BCUT2D eigenvalue weighted by molar-refractivity contribution is 8.13. The van der Waals surface area contributed by atoms with Gasteiger partial charge in [-0.3, -0.25) is 4.72 Å². The van der Waals surface area contributed by atoms with E-state index in [-0.39, 0.29) is 12.8 Å². The molecule has 11 heteroatoms. The van der Waals surface area contributed by atoms with Crippen molar-refractivity contribution in [1.82, 2.24) is 9.80 Å². The largest absolute Gasteiger partial charge is 0.399 e. The number of nitrogens with zero attached hydrogens (tertiary/aromatic N) is 2. The van der Waals surface area contributed by atoms with Crippen LogP contribution in [0.4, 0.5) is 11.4 Å². The quantitative estimate of drug-likeness (QED) is 0.162. The van der Waals surface area contributed by atoms with Crippen LogP contribution in [0.1, 0.15) is 122 Å². The Bertz CT molecular complexity index is 1760. The number of hydrogen-bond donors (Lipinski definition) is 2. The molecule has 0 radical (unpaired) electrons. The molecule has 316 valence electrons. The third-order valence-electron chi connectivity index (χ3n) is 14.6. The standard InChI is InChI=1S/C22H34N2O2S.C21H32N2.CH3ClO2S.CH4/c1-22(18-11-6-12-19(14-18)23-27(2,25)26)20-15-24(16-21(20)22)13-7-10-17-8-4-3-5-9-17;1-21(17-10-5-11-18(22)13-17)19-14-23(15-20(19)21)12-6-9-16-7-3-2-4-8-16;1-5(2,3)4;/h6,11-12,14,17,20-21,23H,3-5,7-10,13,15-16H2,1-2H3;5,10-11,13,16,19-20H,2-4,6-9,12,14-15,22H2,1H3;1H3;1H4. The number of nitrogen functional groups attached to an aromatic ring is 1. The maximum atomic E-state index is 11.5.